The minimum Gasteiger partial charge on any atom is -0.496 e. The standard InChI is InChI=1S/C33H33ClN4O4S/c1-19-12-15-24(20(2)16-19)38-33-30(31(36-38)29-25(41-3)10-7-11-26(29)42-4)32(22-8-5-6-9-23(22)34)43-18-28(40)37(33)17-27(39)35-21-13-14-21/h5-12,15-16,21,32H,13-14,17-18H2,1-4H3,(H,35,39)/t32-/m0/s1. The number of aromatic nitrogens is 2. The Balaban J connectivity index is 1.70. The maximum absolute atomic E-state index is 14.0. The number of hydrogen-bond acceptors (Lipinski definition) is 6. The third kappa shape index (κ3) is 5.59. The Labute approximate surface area is 260 Å². The number of thioether (sulfide) groups is 1. The van der Waals surface area contributed by atoms with Gasteiger partial charge in [-0.2, -0.15) is 5.10 Å². The van der Waals surface area contributed by atoms with Crippen molar-refractivity contribution in [2.75, 3.05) is 31.4 Å². The van der Waals surface area contributed by atoms with Gasteiger partial charge in [-0.05, 0) is 62.1 Å². The number of aryl methyl sites for hydroxylation is 2. The number of methoxy groups -OCH3 is 2. The summed E-state index contributed by atoms with van der Waals surface area (Å²) in [7, 11) is 3.22. The number of carbonyl (C=O) groups excluding carboxylic acids is 2. The summed E-state index contributed by atoms with van der Waals surface area (Å²) >= 11 is 8.30. The summed E-state index contributed by atoms with van der Waals surface area (Å²) < 4.78 is 13.5. The highest BCUT2D eigenvalue weighted by Crippen LogP contribution is 2.52. The van der Waals surface area contributed by atoms with Crippen LogP contribution in [-0.2, 0) is 9.59 Å². The first kappa shape index (κ1) is 29.1. The minimum atomic E-state index is -0.381. The molecule has 0 unspecified atom stereocenters. The van der Waals surface area contributed by atoms with Crippen molar-refractivity contribution in [2.24, 2.45) is 0 Å². The van der Waals surface area contributed by atoms with Crippen LogP contribution in [0.4, 0.5) is 5.82 Å². The molecule has 0 saturated heterocycles. The SMILES string of the molecule is COc1cccc(OC)c1-c1nn(-c2ccc(C)cc2C)c2c1[C@H](c1ccccc1Cl)SCC(=O)N2CC(=O)NC1CC1. The third-order valence-corrected chi connectivity index (χ3v) is 9.35. The van der Waals surface area contributed by atoms with Gasteiger partial charge in [-0.15, -0.1) is 11.8 Å². The number of benzene rings is 3. The first-order chi connectivity index (χ1) is 20.8. The average Bonchev–Trinajstić information content (AvgIpc) is 3.75. The Morgan fingerprint density at radius 1 is 1.05 bits per heavy atom. The molecule has 1 atom stereocenters. The quantitative estimate of drug-likeness (QED) is 0.251. The van der Waals surface area contributed by atoms with Crippen LogP contribution in [-0.4, -0.2) is 54.2 Å². The largest absolute Gasteiger partial charge is 0.496 e. The number of amides is 2. The highest BCUT2D eigenvalue weighted by Gasteiger charge is 2.40. The molecule has 8 nitrogen and oxygen atoms in total. The lowest BCUT2D eigenvalue weighted by Crippen LogP contribution is -2.43. The minimum absolute atomic E-state index is 0.128. The summed E-state index contributed by atoms with van der Waals surface area (Å²) in [5, 5.41) is 8.47. The molecule has 2 amide bonds. The van der Waals surface area contributed by atoms with Crippen molar-refractivity contribution in [1.29, 1.82) is 0 Å². The second kappa shape index (κ2) is 12.0. The van der Waals surface area contributed by atoms with Gasteiger partial charge < -0.3 is 14.8 Å². The molecule has 4 aromatic rings. The molecule has 43 heavy (non-hydrogen) atoms. The molecule has 2 aliphatic rings. The Morgan fingerprint density at radius 3 is 2.42 bits per heavy atom. The van der Waals surface area contributed by atoms with Gasteiger partial charge in [0.2, 0.25) is 11.8 Å². The molecule has 1 saturated carbocycles. The number of ether oxygens (including phenoxy) is 2. The lowest BCUT2D eigenvalue weighted by molar-refractivity contribution is -0.123. The van der Waals surface area contributed by atoms with Crippen LogP contribution in [0.3, 0.4) is 0 Å². The van der Waals surface area contributed by atoms with Gasteiger partial charge in [0, 0.05) is 16.6 Å². The number of nitrogens with one attached hydrogen (secondary N) is 1. The van der Waals surface area contributed by atoms with Gasteiger partial charge in [-0.3, -0.25) is 14.5 Å². The van der Waals surface area contributed by atoms with Crippen LogP contribution in [0.5, 0.6) is 11.5 Å². The molecule has 1 N–H and O–H groups in total. The zero-order valence-electron chi connectivity index (χ0n) is 24.5. The number of hydrogen-bond donors (Lipinski definition) is 1. The number of halogens is 1. The van der Waals surface area contributed by atoms with Crippen molar-refractivity contribution in [1.82, 2.24) is 15.1 Å². The fourth-order valence-electron chi connectivity index (χ4n) is 5.58. The summed E-state index contributed by atoms with van der Waals surface area (Å²) in [6.45, 7) is 3.92. The highest BCUT2D eigenvalue weighted by molar-refractivity contribution is 8.00. The second-order valence-electron chi connectivity index (χ2n) is 10.9. The Morgan fingerprint density at radius 2 is 1.77 bits per heavy atom. The van der Waals surface area contributed by atoms with Crippen LogP contribution < -0.4 is 19.7 Å². The summed E-state index contributed by atoms with van der Waals surface area (Å²) in [5.41, 5.74) is 5.73. The molecule has 222 valence electrons. The molecule has 1 aromatic heterocycles. The zero-order valence-corrected chi connectivity index (χ0v) is 26.1. The van der Waals surface area contributed by atoms with Crippen molar-refractivity contribution in [3.63, 3.8) is 0 Å². The topological polar surface area (TPSA) is 85.7 Å². The molecular weight excluding hydrogens is 584 g/mol. The molecular formula is C33H33ClN4O4S. The first-order valence-corrected chi connectivity index (χ1v) is 15.6. The maximum atomic E-state index is 14.0. The number of fused-ring (bicyclic) bond motifs is 1. The van der Waals surface area contributed by atoms with Crippen molar-refractivity contribution >= 4 is 41.0 Å². The third-order valence-electron chi connectivity index (χ3n) is 7.77. The lowest BCUT2D eigenvalue weighted by atomic mass is 9.98. The van der Waals surface area contributed by atoms with Crippen LogP contribution in [0.25, 0.3) is 16.9 Å². The van der Waals surface area contributed by atoms with E-state index >= 15 is 0 Å². The van der Waals surface area contributed by atoms with Crippen LogP contribution >= 0.6 is 23.4 Å². The van der Waals surface area contributed by atoms with Crippen molar-refractivity contribution in [3.8, 4) is 28.4 Å². The van der Waals surface area contributed by atoms with Gasteiger partial charge >= 0.3 is 0 Å². The van der Waals surface area contributed by atoms with E-state index in [4.69, 9.17) is 26.2 Å². The normalized spacial score (nSPS) is 16.4. The van der Waals surface area contributed by atoms with Crippen molar-refractivity contribution in [3.05, 3.63) is 87.9 Å². The van der Waals surface area contributed by atoms with Gasteiger partial charge in [0.05, 0.1) is 36.5 Å². The molecule has 1 aliphatic heterocycles. The van der Waals surface area contributed by atoms with Gasteiger partial charge in [-0.1, -0.05) is 53.6 Å². The fraction of sp³-hybridized carbons (Fsp3) is 0.303. The number of anilines is 1. The van der Waals surface area contributed by atoms with Gasteiger partial charge in [0.1, 0.15) is 29.6 Å². The van der Waals surface area contributed by atoms with E-state index in [-0.39, 0.29) is 35.4 Å². The average molecular weight is 617 g/mol. The molecule has 1 aliphatic carbocycles. The molecule has 1 fully saturated rings. The van der Waals surface area contributed by atoms with E-state index in [1.807, 2.05) is 68.4 Å². The molecule has 2 heterocycles. The van der Waals surface area contributed by atoms with E-state index in [1.165, 1.54) is 11.8 Å². The summed E-state index contributed by atoms with van der Waals surface area (Å²) in [4.78, 5) is 28.8. The predicted octanol–water partition coefficient (Wildman–Crippen LogP) is 6.27. The molecule has 6 rings (SSSR count). The summed E-state index contributed by atoms with van der Waals surface area (Å²) in [6, 6.07) is 19.5. The van der Waals surface area contributed by atoms with E-state index < -0.39 is 0 Å². The number of rotatable bonds is 8. The smallest absolute Gasteiger partial charge is 0.240 e. The van der Waals surface area contributed by atoms with Crippen LogP contribution in [0.15, 0.2) is 60.7 Å². The fourth-order valence-corrected chi connectivity index (χ4v) is 7.12. The maximum Gasteiger partial charge on any atom is 0.240 e. The predicted molar refractivity (Wildman–Crippen MR) is 171 cm³/mol. The van der Waals surface area contributed by atoms with E-state index in [9.17, 15) is 9.59 Å². The van der Waals surface area contributed by atoms with E-state index in [0.717, 1.165) is 40.8 Å². The van der Waals surface area contributed by atoms with E-state index in [1.54, 1.807) is 23.8 Å². The van der Waals surface area contributed by atoms with E-state index in [2.05, 4.69) is 11.4 Å². The zero-order chi connectivity index (χ0) is 30.2. The Bertz CT molecular complexity index is 1690. The van der Waals surface area contributed by atoms with Crippen LogP contribution in [0.1, 0.15) is 40.3 Å². The van der Waals surface area contributed by atoms with Gasteiger partial charge in [0.25, 0.3) is 0 Å². The van der Waals surface area contributed by atoms with Crippen molar-refractivity contribution in [2.45, 2.75) is 38.0 Å². The molecule has 0 radical (unpaired) electrons. The lowest BCUT2D eigenvalue weighted by Gasteiger charge is -2.24. The van der Waals surface area contributed by atoms with Gasteiger partial charge in [0.15, 0.2) is 0 Å². The molecule has 0 bridgehead atoms. The Kier molecular flexibility index (Phi) is 8.11. The van der Waals surface area contributed by atoms with Crippen molar-refractivity contribution < 1.29 is 19.1 Å². The summed E-state index contributed by atoms with van der Waals surface area (Å²) in [5.74, 6) is 1.44. The highest BCUT2D eigenvalue weighted by atomic mass is 35.5. The second-order valence-corrected chi connectivity index (χ2v) is 12.4. The Hall–Kier alpha value is -3.95. The number of nitrogens with zero attached hydrogens (tertiary/aromatic N) is 3. The first-order valence-electron chi connectivity index (χ1n) is 14.2. The molecule has 0 spiro atoms. The molecule has 10 heteroatoms. The van der Waals surface area contributed by atoms with Gasteiger partial charge in [-0.25, -0.2) is 4.68 Å². The number of carbonyl (C=O) groups is 2. The van der Waals surface area contributed by atoms with Crippen LogP contribution in [0.2, 0.25) is 5.02 Å². The van der Waals surface area contributed by atoms with Crippen LogP contribution in [0, 0.1) is 13.8 Å². The molecule has 3 aromatic carbocycles. The monoisotopic (exact) mass is 616 g/mol. The summed E-state index contributed by atoms with van der Waals surface area (Å²) in [6.07, 6.45) is 1.90. The van der Waals surface area contributed by atoms with E-state index in [0.29, 0.717) is 33.6 Å².